The average molecular weight is 397 g/mol. The minimum absolute atomic E-state index is 0.105. The molecule has 0 bridgehead atoms. The number of benzene rings is 1. The fraction of sp³-hybridized carbons (Fsp3) is 0.312. The van der Waals surface area contributed by atoms with Crippen LogP contribution in [-0.2, 0) is 10.0 Å². The van der Waals surface area contributed by atoms with Crippen LogP contribution in [0, 0.1) is 15.9 Å². The number of nitro benzene ring substituents is 1. The van der Waals surface area contributed by atoms with Crippen LogP contribution in [0.25, 0.3) is 0 Å². The molecule has 26 heavy (non-hydrogen) atoms. The summed E-state index contributed by atoms with van der Waals surface area (Å²) in [6.45, 7) is 1.01. The van der Waals surface area contributed by atoms with E-state index in [1.165, 1.54) is 34.8 Å². The van der Waals surface area contributed by atoms with Crippen LogP contribution in [0.3, 0.4) is 0 Å². The Labute approximate surface area is 154 Å². The lowest BCUT2D eigenvalue weighted by molar-refractivity contribution is -0.385. The lowest BCUT2D eigenvalue weighted by Gasteiger charge is -2.25. The summed E-state index contributed by atoms with van der Waals surface area (Å²) >= 11 is 0.972. The topological polar surface area (TPSA) is 93.4 Å². The van der Waals surface area contributed by atoms with Crippen molar-refractivity contribution in [2.75, 3.05) is 13.1 Å². The number of piperidine rings is 1. The van der Waals surface area contributed by atoms with Crippen LogP contribution in [-0.4, -0.2) is 35.7 Å². The zero-order valence-electron chi connectivity index (χ0n) is 13.7. The Morgan fingerprint density at radius 3 is 2.46 bits per heavy atom. The second-order valence-electron chi connectivity index (χ2n) is 5.77. The third-order valence-electron chi connectivity index (χ3n) is 4.00. The highest BCUT2D eigenvalue weighted by atomic mass is 32.2. The fourth-order valence-electron chi connectivity index (χ4n) is 2.63. The summed E-state index contributed by atoms with van der Waals surface area (Å²) in [7, 11) is -3.56. The number of halogens is 1. The quantitative estimate of drug-likeness (QED) is 0.567. The zero-order chi connectivity index (χ0) is 18.7. The predicted octanol–water partition coefficient (Wildman–Crippen LogP) is 3.45. The molecule has 2 aromatic rings. The molecule has 0 unspecified atom stereocenters. The first-order valence-electron chi connectivity index (χ1n) is 7.96. The summed E-state index contributed by atoms with van der Waals surface area (Å²) in [5, 5.41) is 11.0. The molecule has 0 aliphatic carbocycles. The Bertz CT molecular complexity index is 914. The molecule has 1 aromatic heterocycles. The van der Waals surface area contributed by atoms with E-state index < -0.39 is 20.8 Å². The van der Waals surface area contributed by atoms with E-state index in [4.69, 9.17) is 0 Å². The zero-order valence-corrected chi connectivity index (χ0v) is 15.3. The molecule has 2 heterocycles. The lowest BCUT2D eigenvalue weighted by Crippen LogP contribution is -2.35. The Kier molecular flexibility index (Phi) is 5.54. The number of nitro groups is 1. The molecule has 0 radical (unpaired) electrons. The van der Waals surface area contributed by atoms with Crippen LogP contribution < -0.4 is 0 Å². The summed E-state index contributed by atoms with van der Waals surface area (Å²) in [6.07, 6.45) is 3.98. The predicted molar refractivity (Wildman–Crippen MR) is 94.0 cm³/mol. The molecule has 0 atom stereocenters. The molecule has 3 rings (SSSR count). The molecule has 0 saturated carbocycles. The number of aromatic nitrogens is 1. The number of rotatable bonds is 5. The number of hydrogen-bond donors (Lipinski definition) is 0. The molecule has 138 valence electrons. The van der Waals surface area contributed by atoms with E-state index in [1.807, 2.05) is 0 Å². The van der Waals surface area contributed by atoms with E-state index in [2.05, 4.69) is 4.98 Å². The van der Waals surface area contributed by atoms with E-state index in [-0.39, 0.29) is 15.5 Å². The van der Waals surface area contributed by atoms with Crippen molar-refractivity contribution in [2.45, 2.75) is 34.1 Å². The van der Waals surface area contributed by atoms with Crippen molar-refractivity contribution in [3.8, 4) is 0 Å². The van der Waals surface area contributed by atoms with Gasteiger partial charge in [0, 0.05) is 25.4 Å². The van der Waals surface area contributed by atoms with Gasteiger partial charge in [-0.15, -0.1) is 0 Å². The van der Waals surface area contributed by atoms with Gasteiger partial charge >= 0.3 is 0 Å². The SMILES string of the molecule is O=[N+]([O-])c1ccc(Sc2ccc(S(=O)(=O)N3CCCCC3)cn2)c(F)c1. The van der Waals surface area contributed by atoms with Gasteiger partial charge in [-0.2, -0.15) is 4.31 Å². The third kappa shape index (κ3) is 4.02. The van der Waals surface area contributed by atoms with Crippen molar-refractivity contribution in [1.29, 1.82) is 0 Å². The number of non-ortho nitro benzene ring substituents is 1. The van der Waals surface area contributed by atoms with Gasteiger partial charge in [-0.05, 0) is 31.0 Å². The van der Waals surface area contributed by atoms with E-state index in [0.717, 1.165) is 37.1 Å². The van der Waals surface area contributed by atoms with Crippen LogP contribution in [0.4, 0.5) is 10.1 Å². The highest BCUT2D eigenvalue weighted by molar-refractivity contribution is 7.99. The van der Waals surface area contributed by atoms with Gasteiger partial charge in [-0.25, -0.2) is 17.8 Å². The molecule has 1 aromatic carbocycles. The Morgan fingerprint density at radius 1 is 1.15 bits per heavy atom. The Morgan fingerprint density at radius 2 is 1.88 bits per heavy atom. The number of sulfonamides is 1. The number of nitrogens with zero attached hydrogens (tertiary/aromatic N) is 3. The average Bonchev–Trinajstić information content (AvgIpc) is 2.64. The summed E-state index contributed by atoms with van der Waals surface area (Å²) < 4.78 is 40.5. The maximum Gasteiger partial charge on any atom is 0.272 e. The molecule has 1 aliphatic rings. The maximum absolute atomic E-state index is 14.0. The van der Waals surface area contributed by atoms with Gasteiger partial charge in [0.2, 0.25) is 10.0 Å². The first-order valence-corrected chi connectivity index (χ1v) is 10.2. The standard InChI is InChI=1S/C16H16FN3O4S2/c17-14-10-12(20(21)22)4-6-15(14)25-16-7-5-13(11-18-16)26(23,24)19-8-2-1-3-9-19/h4-7,10-11H,1-3,8-9H2. The summed E-state index contributed by atoms with van der Waals surface area (Å²) in [4.78, 5) is 14.3. The molecule has 0 spiro atoms. The van der Waals surface area contributed by atoms with Gasteiger partial charge in [0.1, 0.15) is 15.7 Å². The highest BCUT2D eigenvalue weighted by Crippen LogP contribution is 2.31. The van der Waals surface area contributed by atoms with Gasteiger partial charge in [0.25, 0.3) is 5.69 Å². The van der Waals surface area contributed by atoms with Crippen molar-refractivity contribution < 1.29 is 17.7 Å². The van der Waals surface area contributed by atoms with Crippen molar-refractivity contribution in [2.24, 2.45) is 0 Å². The van der Waals surface area contributed by atoms with E-state index in [9.17, 15) is 22.9 Å². The Hall–Kier alpha value is -2.04. The van der Waals surface area contributed by atoms with E-state index >= 15 is 0 Å². The number of hydrogen-bond acceptors (Lipinski definition) is 6. The van der Waals surface area contributed by atoms with Crippen molar-refractivity contribution in [3.63, 3.8) is 0 Å². The van der Waals surface area contributed by atoms with Crippen LogP contribution in [0.1, 0.15) is 19.3 Å². The maximum atomic E-state index is 14.0. The molecule has 1 saturated heterocycles. The third-order valence-corrected chi connectivity index (χ3v) is 6.89. The van der Waals surface area contributed by atoms with Gasteiger partial charge in [0.05, 0.1) is 15.9 Å². The Balaban J connectivity index is 1.76. The number of pyridine rings is 1. The molecule has 7 nitrogen and oxygen atoms in total. The molecular weight excluding hydrogens is 381 g/mol. The molecular formula is C16H16FN3O4S2. The van der Waals surface area contributed by atoms with Gasteiger partial charge in [0.15, 0.2) is 0 Å². The fourth-order valence-corrected chi connectivity index (χ4v) is 4.86. The molecule has 0 amide bonds. The van der Waals surface area contributed by atoms with Crippen LogP contribution in [0.15, 0.2) is 51.3 Å². The minimum Gasteiger partial charge on any atom is -0.258 e. The van der Waals surface area contributed by atoms with Crippen molar-refractivity contribution in [3.05, 3.63) is 52.5 Å². The molecule has 10 heteroatoms. The lowest BCUT2D eigenvalue weighted by atomic mass is 10.2. The van der Waals surface area contributed by atoms with E-state index in [0.29, 0.717) is 18.1 Å². The van der Waals surface area contributed by atoms with Crippen LogP contribution in [0.5, 0.6) is 0 Å². The minimum atomic E-state index is -3.56. The summed E-state index contributed by atoms with van der Waals surface area (Å²) in [6, 6.07) is 6.31. The molecule has 1 fully saturated rings. The second-order valence-corrected chi connectivity index (χ2v) is 8.77. The largest absolute Gasteiger partial charge is 0.272 e. The van der Waals surface area contributed by atoms with Crippen molar-refractivity contribution >= 4 is 27.5 Å². The normalized spacial score (nSPS) is 15.7. The van der Waals surface area contributed by atoms with Crippen LogP contribution in [0.2, 0.25) is 0 Å². The van der Waals surface area contributed by atoms with E-state index in [1.54, 1.807) is 0 Å². The smallest absolute Gasteiger partial charge is 0.258 e. The first kappa shape index (κ1) is 18.7. The second kappa shape index (κ2) is 7.68. The highest BCUT2D eigenvalue weighted by Gasteiger charge is 2.26. The molecule has 1 aliphatic heterocycles. The summed E-state index contributed by atoms with van der Waals surface area (Å²) in [5.74, 6) is -0.726. The summed E-state index contributed by atoms with van der Waals surface area (Å²) in [5.41, 5.74) is -0.331. The first-order chi connectivity index (χ1) is 12.4. The van der Waals surface area contributed by atoms with Gasteiger partial charge in [-0.1, -0.05) is 18.2 Å². The molecule has 0 N–H and O–H groups in total. The van der Waals surface area contributed by atoms with Crippen molar-refractivity contribution in [1.82, 2.24) is 9.29 Å². The van der Waals surface area contributed by atoms with Gasteiger partial charge in [-0.3, -0.25) is 10.1 Å². The monoisotopic (exact) mass is 397 g/mol. The van der Waals surface area contributed by atoms with Crippen LogP contribution >= 0.6 is 11.8 Å². The van der Waals surface area contributed by atoms with Gasteiger partial charge < -0.3 is 0 Å².